The molecule has 6 N–H and O–H groups in total. The second-order valence-corrected chi connectivity index (χ2v) is 8.28. The van der Waals surface area contributed by atoms with E-state index in [1.54, 1.807) is 0 Å². The lowest BCUT2D eigenvalue weighted by Crippen LogP contribution is -2.54. The zero-order chi connectivity index (χ0) is 25.4. The van der Waals surface area contributed by atoms with Crippen molar-refractivity contribution < 1.29 is 26.7 Å². The number of nitrogens with two attached hydrogens (primary N) is 2. The van der Waals surface area contributed by atoms with Crippen LogP contribution in [0.15, 0.2) is 48.8 Å². The molecule has 0 bridgehead atoms. The summed E-state index contributed by atoms with van der Waals surface area (Å²) in [7, 11) is 0. The van der Waals surface area contributed by atoms with E-state index >= 15 is 0 Å². The van der Waals surface area contributed by atoms with Crippen LogP contribution in [0.1, 0.15) is 34.1 Å². The van der Waals surface area contributed by atoms with Crippen molar-refractivity contribution in [2.24, 2.45) is 5.73 Å². The third-order valence-corrected chi connectivity index (χ3v) is 5.93. The van der Waals surface area contributed by atoms with E-state index in [2.05, 4.69) is 20.6 Å². The minimum Gasteiger partial charge on any atom is -0.383 e. The van der Waals surface area contributed by atoms with Crippen LogP contribution in [0.2, 0.25) is 0 Å². The van der Waals surface area contributed by atoms with E-state index in [1.165, 1.54) is 12.1 Å². The maximum absolute atomic E-state index is 14.3. The Morgan fingerprint density at radius 1 is 1.11 bits per heavy atom. The molecule has 1 aliphatic rings. The Bertz CT molecular complexity index is 1240. The monoisotopic (exact) mass is 492 g/mol. The average molecular weight is 492 g/mol. The third kappa shape index (κ3) is 4.93. The fourth-order valence-corrected chi connectivity index (χ4v) is 4.10. The lowest BCUT2D eigenvalue weighted by atomic mass is 9.84. The van der Waals surface area contributed by atoms with Crippen molar-refractivity contribution in [2.75, 3.05) is 18.8 Å². The number of alkyl halides is 3. The van der Waals surface area contributed by atoms with E-state index in [0.717, 1.165) is 30.6 Å². The van der Waals surface area contributed by atoms with Crippen molar-refractivity contribution in [1.29, 1.82) is 0 Å². The molecule has 1 amide bonds. The number of halogens is 5. The van der Waals surface area contributed by atoms with Gasteiger partial charge in [0, 0.05) is 18.2 Å². The van der Waals surface area contributed by atoms with Gasteiger partial charge in [0.2, 0.25) is 0 Å². The first-order chi connectivity index (χ1) is 16.5. The number of anilines is 1. The van der Waals surface area contributed by atoms with Gasteiger partial charge in [-0.2, -0.15) is 13.2 Å². The highest BCUT2D eigenvalue weighted by Gasteiger charge is 2.42. The van der Waals surface area contributed by atoms with Gasteiger partial charge in [-0.1, -0.05) is 12.1 Å². The van der Waals surface area contributed by atoms with Gasteiger partial charge in [0.1, 0.15) is 23.8 Å². The molecule has 1 fully saturated rings. The summed E-state index contributed by atoms with van der Waals surface area (Å²) in [6.07, 6.45) is -3.01. The first kappa shape index (κ1) is 24.5. The van der Waals surface area contributed by atoms with E-state index in [1.807, 2.05) is 0 Å². The van der Waals surface area contributed by atoms with Crippen LogP contribution in [0.3, 0.4) is 0 Å². The predicted octanol–water partition coefficient (Wildman–Crippen LogP) is 3.18. The molecule has 12 heteroatoms. The first-order valence-electron chi connectivity index (χ1n) is 10.5. The zero-order valence-electron chi connectivity index (χ0n) is 18.2. The molecule has 2 unspecified atom stereocenters. The highest BCUT2D eigenvalue weighted by atomic mass is 19.4. The molecule has 0 radical (unpaired) electrons. The van der Waals surface area contributed by atoms with Crippen molar-refractivity contribution in [1.82, 2.24) is 20.6 Å². The molecular weight excluding hydrogens is 471 g/mol. The summed E-state index contributed by atoms with van der Waals surface area (Å²) in [5, 5.41) is 5.77. The number of carbonyl (C=O) groups is 1. The summed E-state index contributed by atoms with van der Waals surface area (Å²) in [5.74, 6) is -2.84. The molecule has 184 valence electrons. The topological polar surface area (TPSA) is 119 Å². The number of nitrogens with one attached hydrogen (secondary N) is 2. The summed E-state index contributed by atoms with van der Waals surface area (Å²) in [5.41, 5.74) is 11.0. The van der Waals surface area contributed by atoms with Crippen molar-refractivity contribution in [2.45, 2.75) is 24.2 Å². The first-order valence-corrected chi connectivity index (χ1v) is 10.5. The van der Waals surface area contributed by atoms with E-state index in [4.69, 9.17) is 11.5 Å². The Kier molecular flexibility index (Phi) is 6.43. The highest BCUT2D eigenvalue weighted by Crippen LogP contribution is 2.38. The summed E-state index contributed by atoms with van der Waals surface area (Å²) in [6.45, 7) is 0.768. The number of nitrogens with zero attached hydrogens (tertiary/aromatic N) is 2. The van der Waals surface area contributed by atoms with Crippen LogP contribution in [-0.2, 0) is 6.18 Å². The van der Waals surface area contributed by atoms with Gasteiger partial charge in [-0.25, -0.2) is 18.7 Å². The Labute approximate surface area is 196 Å². The normalized spacial score (nSPS) is 18.9. The van der Waals surface area contributed by atoms with Crippen molar-refractivity contribution in [3.05, 3.63) is 77.2 Å². The standard InChI is InChI=1S/C23H21F5N6O/c24-14-5-6-15(16(25)9-14)21(35)34-19(22(30)7-8-31-10-22)18-17(20(29)33-11-32-18)12-1-3-13(4-2-12)23(26,27)28/h1-6,9,11,19,31H,7-8,10,30H2,(H,34,35)(H2,29,32,33). The molecule has 4 rings (SSSR count). The molecule has 1 aliphatic heterocycles. The maximum atomic E-state index is 14.3. The van der Waals surface area contributed by atoms with E-state index in [9.17, 15) is 26.7 Å². The third-order valence-electron chi connectivity index (χ3n) is 5.93. The lowest BCUT2D eigenvalue weighted by Gasteiger charge is -2.34. The van der Waals surface area contributed by atoms with Crippen molar-refractivity contribution in [3.8, 4) is 11.1 Å². The smallest absolute Gasteiger partial charge is 0.383 e. The number of nitrogen functional groups attached to an aromatic ring is 1. The molecule has 0 spiro atoms. The lowest BCUT2D eigenvalue weighted by molar-refractivity contribution is -0.137. The fraction of sp³-hybridized carbons (Fsp3) is 0.261. The van der Waals surface area contributed by atoms with Crippen LogP contribution in [0.4, 0.5) is 27.8 Å². The molecule has 35 heavy (non-hydrogen) atoms. The van der Waals surface area contributed by atoms with Gasteiger partial charge in [0.05, 0.1) is 28.4 Å². The molecular formula is C23H21F5N6O. The van der Waals surface area contributed by atoms with Crippen molar-refractivity contribution in [3.63, 3.8) is 0 Å². The number of aromatic nitrogens is 2. The Morgan fingerprint density at radius 3 is 2.43 bits per heavy atom. The number of hydrogen-bond acceptors (Lipinski definition) is 6. The molecule has 3 aromatic rings. The minimum atomic E-state index is -4.54. The van der Waals surface area contributed by atoms with Gasteiger partial charge in [-0.3, -0.25) is 4.79 Å². The Balaban J connectivity index is 1.80. The van der Waals surface area contributed by atoms with Crippen LogP contribution < -0.4 is 22.1 Å². The summed E-state index contributed by atoms with van der Waals surface area (Å²) in [4.78, 5) is 21.2. The van der Waals surface area contributed by atoms with Crippen molar-refractivity contribution >= 4 is 11.7 Å². The molecule has 2 heterocycles. The number of rotatable bonds is 5. The van der Waals surface area contributed by atoms with Gasteiger partial charge in [-0.15, -0.1) is 0 Å². The van der Waals surface area contributed by atoms with Gasteiger partial charge >= 0.3 is 6.18 Å². The molecule has 1 aromatic heterocycles. The molecule has 7 nitrogen and oxygen atoms in total. The van der Waals surface area contributed by atoms with Gasteiger partial charge in [0.25, 0.3) is 5.91 Å². The van der Waals surface area contributed by atoms with Crippen LogP contribution in [0.25, 0.3) is 11.1 Å². The maximum Gasteiger partial charge on any atom is 0.416 e. The Hall–Kier alpha value is -3.64. The quantitative estimate of drug-likeness (QED) is 0.407. The molecule has 2 atom stereocenters. The second-order valence-electron chi connectivity index (χ2n) is 8.28. The van der Waals surface area contributed by atoms with Crippen LogP contribution >= 0.6 is 0 Å². The van der Waals surface area contributed by atoms with E-state index in [-0.39, 0.29) is 29.2 Å². The van der Waals surface area contributed by atoms with Gasteiger partial charge in [0.15, 0.2) is 0 Å². The Morgan fingerprint density at radius 2 is 1.83 bits per heavy atom. The highest BCUT2D eigenvalue weighted by molar-refractivity contribution is 5.95. The van der Waals surface area contributed by atoms with E-state index < -0.39 is 46.4 Å². The van der Waals surface area contributed by atoms with Gasteiger partial charge < -0.3 is 22.1 Å². The zero-order valence-corrected chi connectivity index (χ0v) is 18.2. The van der Waals surface area contributed by atoms with Crippen LogP contribution in [0, 0.1) is 11.6 Å². The SMILES string of the molecule is Nc1ncnc(C(NC(=O)c2ccc(F)cc2F)C2(N)CCNC2)c1-c1ccc(C(F)(F)F)cc1. The number of amides is 1. The second kappa shape index (κ2) is 9.19. The molecule has 2 aromatic carbocycles. The van der Waals surface area contributed by atoms with Gasteiger partial charge in [-0.05, 0) is 42.8 Å². The predicted molar refractivity (Wildman–Crippen MR) is 118 cm³/mol. The summed E-state index contributed by atoms with van der Waals surface area (Å²) >= 11 is 0. The van der Waals surface area contributed by atoms with Crippen LogP contribution in [0.5, 0.6) is 0 Å². The average Bonchev–Trinajstić information content (AvgIpc) is 3.24. The molecule has 1 saturated heterocycles. The fourth-order valence-electron chi connectivity index (χ4n) is 4.10. The molecule has 0 saturated carbocycles. The summed E-state index contributed by atoms with van der Waals surface area (Å²) < 4.78 is 66.8. The number of carbonyl (C=O) groups excluding carboxylic acids is 1. The van der Waals surface area contributed by atoms with E-state index in [0.29, 0.717) is 19.0 Å². The molecule has 0 aliphatic carbocycles. The van der Waals surface area contributed by atoms with Crippen LogP contribution in [-0.4, -0.2) is 34.5 Å². The number of benzene rings is 2. The minimum absolute atomic E-state index is 0.0449. The summed E-state index contributed by atoms with van der Waals surface area (Å²) in [6, 6.07) is 5.69. The largest absolute Gasteiger partial charge is 0.416 e. The number of hydrogen-bond donors (Lipinski definition) is 4.